The zero-order valence-corrected chi connectivity index (χ0v) is 15.1. The van der Waals surface area contributed by atoms with Gasteiger partial charge in [-0.25, -0.2) is 13.2 Å². The molecule has 7 nitrogen and oxygen atoms in total. The second-order valence-corrected chi connectivity index (χ2v) is 8.86. The van der Waals surface area contributed by atoms with Crippen molar-refractivity contribution in [1.29, 1.82) is 0 Å². The van der Waals surface area contributed by atoms with Crippen LogP contribution in [0.15, 0.2) is 29.2 Å². The number of carbonyl (C=O) groups excluding carboxylic acids is 1. The van der Waals surface area contributed by atoms with Crippen LogP contribution in [0.2, 0.25) is 0 Å². The molecule has 0 spiro atoms. The summed E-state index contributed by atoms with van der Waals surface area (Å²) in [5.41, 5.74) is 5.53. The third-order valence-electron chi connectivity index (χ3n) is 3.62. The van der Waals surface area contributed by atoms with Crippen molar-refractivity contribution < 1.29 is 17.9 Å². The molecule has 0 unspecified atom stereocenters. The minimum Gasteiger partial charge on any atom is -0.444 e. The average molecular weight is 355 g/mol. The molecule has 1 heterocycles. The number of nitrogens with two attached hydrogens (primary N) is 1. The molecule has 24 heavy (non-hydrogen) atoms. The maximum atomic E-state index is 12.7. The number of rotatable bonds is 3. The van der Waals surface area contributed by atoms with Crippen molar-refractivity contribution in [2.24, 2.45) is 0 Å². The van der Waals surface area contributed by atoms with Gasteiger partial charge in [-0.15, -0.1) is 0 Å². The molecule has 1 aliphatic heterocycles. The molecule has 1 aromatic carbocycles. The van der Waals surface area contributed by atoms with Gasteiger partial charge in [-0.05, 0) is 57.9 Å². The Balaban J connectivity index is 2.04. The smallest absolute Gasteiger partial charge is 0.407 e. The Bertz CT molecular complexity index is 680. The van der Waals surface area contributed by atoms with Crippen LogP contribution in [0.4, 0.5) is 10.5 Å². The number of sulfonamides is 1. The van der Waals surface area contributed by atoms with E-state index in [-0.39, 0.29) is 17.5 Å². The number of piperidine rings is 1. The summed E-state index contributed by atoms with van der Waals surface area (Å²) >= 11 is 0. The molecule has 0 aliphatic carbocycles. The predicted molar refractivity (Wildman–Crippen MR) is 92.0 cm³/mol. The maximum absolute atomic E-state index is 12.7. The lowest BCUT2D eigenvalue weighted by Crippen LogP contribution is -2.50. The van der Waals surface area contributed by atoms with E-state index in [2.05, 4.69) is 5.32 Å². The van der Waals surface area contributed by atoms with Crippen molar-refractivity contribution in [2.45, 2.75) is 50.2 Å². The number of anilines is 1. The van der Waals surface area contributed by atoms with Crippen LogP contribution < -0.4 is 11.1 Å². The summed E-state index contributed by atoms with van der Waals surface area (Å²) < 4.78 is 32.0. The standard InChI is InChI=1S/C16H25N3O4S/c1-16(2,3)23-15(20)18-13-5-4-10-19(11-13)24(21,22)14-8-6-12(17)7-9-14/h6-9,13H,4-5,10-11,17H2,1-3H3,(H,18,20)/t13-/m1/s1. The minimum atomic E-state index is -3.60. The lowest BCUT2D eigenvalue weighted by molar-refractivity contribution is 0.0487. The van der Waals surface area contributed by atoms with Crippen molar-refractivity contribution >= 4 is 21.8 Å². The zero-order valence-electron chi connectivity index (χ0n) is 14.3. The molecule has 1 saturated heterocycles. The van der Waals surface area contributed by atoms with Gasteiger partial charge in [0.15, 0.2) is 0 Å². The van der Waals surface area contributed by atoms with Gasteiger partial charge in [0.25, 0.3) is 0 Å². The SMILES string of the molecule is CC(C)(C)OC(=O)N[C@@H]1CCCN(S(=O)(=O)c2ccc(N)cc2)C1. The van der Waals surface area contributed by atoms with Crippen LogP contribution in [-0.2, 0) is 14.8 Å². The van der Waals surface area contributed by atoms with E-state index < -0.39 is 21.7 Å². The van der Waals surface area contributed by atoms with Crippen LogP contribution in [0.25, 0.3) is 0 Å². The van der Waals surface area contributed by atoms with Gasteiger partial charge in [-0.2, -0.15) is 4.31 Å². The van der Waals surface area contributed by atoms with Crippen LogP contribution in [0, 0.1) is 0 Å². The van der Waals surface area contributed by atoms with Gasteiger partial charge in [0, 0.05) is 24.8 Å². The highest BCUT2D eigenvalue weighted by atomic mass is 32.2. The maximum Gasteiger partial charge on any atom is 0.407 e. The average Bonchev–Trinajstić information content (AvgIpc) is 2.46. The summed E-state index contributed by atoms with van der Waals surface area (Å²) in [5.74, 6) is 0. The summed E-state index contributed by atoms with van der Waals surface area (Å²) in [5, 5.41) is 2.75. The monoisotopic (exact) mass is 355 g/mol. The predicted octanol–water partition coefficient (Wildman–Crippen LogP) is 1.95. The van der Waals surface area contributed by atoms with Gasteiger partial charge in [0.2, 0.25) is 10.0 Å². The fourth-order valence-corrected chi connectivity index (χ4v) is 4.07. The lowest BCUT2D eigenvalue weighted by Gasteiger charge is -2.32. The second-order valence-electron chi connectivity index (χ2n) is 6.92. The highest BCUT2D eigenvalue weighted by Crippen LogP contribution is 2.22. The van der Waals surface area contributed by atoms with E-state index in [0.29, 0.717) is 25.1 Å². The Morgan fingerprint density at radius 1 is 1.29 bits per heavy atom. The quantitative estimate of drug-likeness (QED) is 0.807. The number of alkyl carbamates (subject to hydrolysis) is 1. The summed E-state index contributed by atoms with van der Waals surface area (Å²) in [4.78, 5) is 12.1. The second kappa shape index (κ2) is 6.98. The van der Waals surface area contributed by atoms with Crippen molar-refractivity contribution in [3.63, 3.8) is 0 Å². The number of nitrogen functional groups attached to an aromatic ring is 1. The summed E-state index contributed by atoms with van der Waals surface area (Å²) in [6.07, 6.45) is 0.862. The number of benzene rings is 1. The van der Waals surface area contributed by atoms with Gasteiger partial charge in [-0.1, -0.05) is 0 Å². The fraction of sp³-hybridized carbons (Fsp3) is 0.562. The van der Waals surface area contributed by atoms with Crippen LogP contribution in [-0.4, -0.2) is 43.5 Å². The highest BCUT2D eigenvalue weighted by Gasteiger charge is 2.31. The molecule has 1 amide bonds. The van der Waals surface area contributed by atoms with Gasteiger partial charge < -0.3 is 15.8 Å². The molecule has 134 valence electrons. The molecular formula is C16H25N3O4S. The van der Waals surface area contributed by atoms with Gasteiger partial charge >= 0.3 is 6.09 Å². The summed E-state index contributed by atoms with van der Waals surface area (Å²) in [6.45, 7) is 6.01. The summed E-state index contributed by atoms with van der Waals surface area (Å²) in [6, 6.07) is 5.85. The van der Waals surface area contributed by atoms with Crippen LogP contribution in [0.5, 0.6) is 0 Å². The third kappa shape index (κ3) is 4.85. The first-order valence-electron chi connectivity index (χ1n) is 7.93. The van der Waals surface area contributed by atoms with Crippen molar-refractivity contribution in [3.05, 3.63) is 24.3 Å². The van der Waals surface area contributed by atoms with Crippen molar-refractivity contribution in [2.75, 3.05) is 18.8 Å². The third-order valence-corrected chi connectivity index (χ3v) is 5.50. The Morgan fingerprint density at radius 3 is 2.50 bits per heavy atom. The van der Waals surface area contributed by atoms with E-state index in [1.807, 2.05) is 0 Å². The molecule has 1 fully saturated rings. The lowest BCUT2D eigenvalue weighted by atomic mass is 10.1. The molecule has 1 aromatic rings. The molecular weight excluding hydrogens is 330 g/mol. The van der Waals surface area contributed by atoms with E-state index in [1.165, 1.54) is 16.4 Å². The van der Waals surface area contributed by atoms with Crippen LogP contribution >= 0.6 is 0 Å². The molecule has 3 N–H and O–H groups in total. The fourth-order valence-electron chi connectivity index (χ4n) is 2.54. The van der Waals surface area contributed by atoms with E-state index >= 15 is 0 Å². The van der Waals surface area contributed by atoms with E-state index in [0.717, 1.165) is 0 Å². The van der Waals surface area contributed by atoms with Crippen molar-refractivity contribution in [1.82, 2.24) is 9.62 Å². The first-order valence-corrected chi connectivity index (χ1v) is 9.37. The number of hydrogen-bond donors (Lipinski definition) is 2. The molecule has 0 saturated carbocycles. The number of ether oxygens (including phenoxy) is 1. The number of nitrogens with zero attached hydrogens (tertiary/aromatic N) is 1. The van der Waals surface area contributed by atoms with E-state index in [9.17, 15) is 13.2 Å². The van der Waals surface area contributed by atoms with Crippen molar-refractivity contribution in [3.8, 4) is 0 Å². The number of carbonyl (C=O) groups is 1. The Kier molecular flexibility index (Phi) is 5.39. The Hall–Kier alpha value is -1.80. The first-order chi connectivity index (χ1) is 11.1. The zero-order chi connectivity index (χ0) is 18.0. The van der Waals surface area contributed by atoms with Crippen LogP contribution in [0.3, 0.4) is 0 Å². The highest BCUT2D eigenvalue weighted by molar-refractivity contribution is 7.89. The largest absolute Gasteiger partial charge is 0.444 e. The van der Waals surface area contributed by atoms with Gasteiger partial charge in [0.05, 0.1) is 4.90 Å². The molecule has 0 aromatic heterocycles. The molecule has 8 heteroatoms. The van der Waals surface area contributed by atoms with Gasteiger partial charge in [0.1, 0.15) is 5.60 Å². The Morgan fingerprint density at radius 2 is 1.92 bits per heavy atom. The number of amides is 1. The van der Waals surface area contributed by atoms with Crippen LogP contribution in [0.1, 0.15) is 33.6 Å². The van der Waals surface area contributed by atoms with E-state index in [4.69, 9.17) is 10.5 Å². The topological polar surface area (TPSA) is 102 Å². The number of hydrogen-bond acceptors (Lipinski definition) is 5. The molecule has 1 atom stereocenters. The first kappa shape index (κ1) is 18.5. The molecule has 1 aliphatic rings. The van der Waals surface area contributed by atoms with E-state index in [1.54, 1.807) is 32.9 Å². The molecule has 0 radical (unpaired) electrons. The number of nitrogens with one attached hydrogen (secondary N) is 1. The summed E-state index contributed by atoms with van der Waals surface area (Å²) in [7, 11) is -3.60. The molecule has 2 rings (SSSR count). The van der Waals surface area contributed by atoms with Gasteiger partial charge in [-0.3, -0.25) is 0 Å². The minimum absolute atomic E-state index is 0.203. The normalized spacial score (nSPS) is 19.7. The Labute approximate surface area is 143 Å². The molecule has 0 bridgehead atoms.